The van der Waals surface area contributed by atoms with Gasteiger partial charge in [0, 0.05) is 0 Å². The van der Waals surface area contributed by atoms with Gasteiger partial charge in [0.2, 0.25) is 0 Å². The summed E-state index contributed by atoms with van der Waals surface area (Å²) in [5, 5.41) is 24.8. The third-order valence-electron chi connectivity index (χ3n) is 3.09. The molecule has 0 radical (unpaired) electrons. The predicted molar refractivity (Wildman–Crippen MR) is 68.1 cm³/mol. The standard InChI is InChI=1S/C11H10F3N7O/c1-5-8(9(22)11(12,13)14)10(15)21(18-5)7-3-2-6-17-16-4-20(6)19-7/h2-4,9,22H,15H2,1H3/t9-/m1/s1. The average Bonchev–Trinajstić information content (AvgIpc) is 3.01. The van der Waals surface area contributed by atoms with Crippen LogP contribution in [0.1, 0.15) is 17.4 Å². The first-order valence-electron chi connectivity index (χ1n) is 6.06. The summed E-state index contributed by atoms with van der Waals surface area (Å²) in [4.78, 5) is 0. The molecule has 0 aromatic carbocycles. The van der Waals surface area contributed by atoms with Crippen LogP contribution < -0.4 is 5.73 Å². The molecule has 1 atom stereocenters. The van der Waals surface area contributed by atoms with Crippen LogP contribution in [-0.2, 0) is 0 Å². The Labute approximate surface area is 121 Å². The highest BCUT2D eigenvalue weighted by Gasteiger charge is 2.42. The van der Waals surface area contributed by atoms with Crippen LogP contribution in [0.15, 0.2) is 18.5 Å². The van der Waals surface area contributed by atoms with Gasteiger partial charge >= 0.3 is 6.18 Å². The van der Waals surface area contributed by atoms with Crippen molar-refractivity contribution >= 4 is 11.5 Å². The number of aliphatic hydroxyl groups is 1. The average molecular weight is 313 g/mol. The molecule has 0 aliphatic heterocycles. The lowest BCUT2D eigenvalue weighted by atomic mass is 10.1. The van der Waals surface area contributed by atoms with E-state index in [0.717, 1.165) is 4.68 Å². The predicted octanol–water partition coefficient (Wildman–Crippen LogP) is 0.796. The smallest absolute Gasteiger partial charge is 0.383 e. The number of aliphatic hydroxyl groups excluding tert-OH is 1. The first-order chi connectivity index (χ1) is 10.3. The maximum Gasteiger partial charge on any atom is 0.418 e. The van der Waals surface area contributed by atoms with Gasteiger partial charge in [-0.15, -0.1) is 15.3 Å². The van der Waals surface area contributed by atoms with E-state index in [4.69, 9.17) is 5.73 Å². The second-order valence-corrected chi connectivity index (χ2v) is 4.57. The lowest BCUT2D eigenvalue weighted by molar-refractivity contribution is -0.206. The maximum absolute atomic E-state index is 12.7. The number of halogens is 3. The second kappa shape index (κ2) is 4.66. The number of rotatable bonds is 2. The van der Waals surface area contributed by atoms with Crippen LogP contribution in [0, 0.1) is 6.92 Å². The normalized spacial score (nSPS) is 13.7. The van der Waals surface area contributed by atoms with Gasteiger partial charge in [0.05, 0.1) is 11.3 Å². The third-order valence-corrected chi connectivity index (χ3v) is 3.09. The quantitative estimate of drug-likeness (QED) is 0.724. The SMILES string of the molecule is Cc1nn(-c2ccc3nncn3n2)c(N)c1[C@@H](O)C(F)(F)F. The summed E-state index contributed by atoms with van der Waals surface area (Å²) in [6.45, 7) is 1.33. The zero-order valence-corrected chi connectivity index (χ0v) is 11.2. The van der Waals surface area contributed by atoms with Gasteiger partial charge in [0.15, 0.2) is 17.6 Å². The summed E-state index contributed by atoms with van der Waals surface area (Å²) >= 11 is 0. The van der Waals surface area contributed by atoms with Crippen molar-refractivity contribution in [2.75, 3.05) is 5.73 Å². The molecule has 116 valence electrons. The summed E-state index contributed by atoms with van der Waals surface area (Å²) in [7, 11) is 0. The van der Waals surface area contributed by atoms with Crippen molar-refractivity contribution in [3.63, 3.8) is 0 Å². The van der Waals surface area contributed by atoms with Crippen LogP contribution in [0.25, 0.3) is 11.5 Å². The van der Waals surface area contributed by atoms with Gasteiger partial charge < -0.3 is 10.8 Å². The molecular formula is C11H10F3N7O. The number of aromatic nitrogens is 6. The summed E-state index contributed by atoms with van der Waals surface area (Å²) < 4.78 is 40.4. The molecule has 0 fully saturated rings. The molecule has 0 saturated carbocycles. The van der Waals surface area contributed by atoms with Crippen LogP contribution in [0.2, 0.25) is 0 Å². The summed E-state index contributed by atoms with van der Waals surface area (Å²) in [5.41, 5.74) is 5.65. The van der Waals surface area contributed by atoms with Gasteiger partial charge in [-0.2, -0.15) is 27.5 Å². The first-order valence-corrected chi connectivity index (χ1v) is 6.06. The fourth-order valence-electron chi connectivity index (χ4n) is 2.06. The van der Waals surface area contributed by atoms with E-state index in [0.29, 0.717) is 5.65 Å². The second-order valence-electron chi connectivity index (χ2n) is 4.57. The summed E-state index contributed by atoms with van der Waals surface area (Å²) in [5.74, 6) is -0.157. The van der Waals surface area contributed by atoms with Crippen molar-refractivity contribution in [1.82, 2.24) is 29.6 Å². The number of aryl methyl sites for hydroxylation is 1. The lowest BCUT2D eigenvalue weighted by Crippen LogP contribution is -2.21. The van der Waals surface area contributed by atoms with Crippen molar-refractivity contribution < 1.29 is 18.3 Å². The van der Waals surface area contributed by atoms with E-state index in [9.17, 15) is 18.3 Å². The molecule has 0 amide bonds. The Bertz CT molecular complexity index is 838. The molecule has 0 aliphatic carbocycles. The van der Waals surface area contributed by atoms with Gasteiger partial charge in [0.1, 0.15) is 12.1 Å². The van der Waals surface area contributed by atoms with Crippen molar-refractivity contribution in [2.24, 2.45) is 0 Å². The van der Waals surface area contributed by atoms with Crippen LogP contribution in [0.3, 0.4) is 0 Å². The van der Waals surface area contributed by atoms with Crippen molar-refractivity contribution in [3.05, 3.63) is 29.7 Å². The van der Waals surface area contributed by atoms with E-state index in [1.165, 1.54) is 23.8 Å². The van der Waals surface area contributed by atoms with E-state index in [1.807, 2.05) is 0 Å². The molecule has 0 unspecified atom stereocenters. The minimum atomic E-state index is -4.83. The van der Waals surface area contributed by atoms with E-state index in [-0.39, 0.29) is 17.3 Å². The minimum absolute atomic E-state index is 0.0343. The van der Waals surface area contributed by atoms with Gasteiger partial charge in [-0.25, -0.2) is 0 Å². The highest BCUT2D eigenvalue weighted by molar-refractivity contribution is 5.50. The summed E-state index contributed by atoms with van der Waals surface area (Å²) in [6.07, 6.45) is -6.21. The number of alkyl halides is 3. The molecule has 3 N–H and O–H groups in total. The topological polar surface area (TPSA) is 107 Å². The molecule has 11 heteroatoms. The van der Waals surface area contributed by atoms with Gasteiger partial charge in [-0.1, -0.05) is 0 Å². The third kappa shape index (κ3) is 2.15. The first kappa shape index (κ1) is 14.3. The minimum Gasteiger partial charge on any atom is -0.383 e. The van der Waals surface area contributed by atoms with Crippen LogP contribution in [0.5, 0.6) is 0 Å². The monoisotopic (exact) mass is 313 g/mol. The van der Waals surface area contributed by atoms with Crippen molar-refractivity contribution in [3.8, 4) is 5.82 Å². The molecule has 3 heterocycles. The fraction of sp³-hybridized carbons (Fsp3) is 0.273. The van der Waals surface area contributed by atoms with Crippen molar-refractivity contribution in [2.45, 2.75) is 19.2 Å². The Morgan fingerprint density at radius 1 is 1.27 bits per heavy atom. The Kier molecular flexibility index (Phi) is 3.02. The number of hydrogen-bond acceptors (Lipinski definition) is 6. The zero-order valence-electron chi connectivity index (χ0n) is 11.2. The highest BCUT2D eigenvalue weighted by Crippen LogP contribution is 2.37. The molecule has 0 spiro atoms. The largest absolute Gasteiger partial charge is 0.418 e. The summed E-state index contributed by atoms with van der Waals surface area (Å²) in [6, 6.07) is 3.04. The van der Waals surface area contributed by atoms with Gasteiger partial charge in [0.25, 0.3) is 0 Å². The molecule has 8 nitrogen and oxygen atoms in total. The number of fused-ring (bicyclic) bond motifs is 1. The van der Waals surface area contributed by atoms with Crippen LogP contribution in [0.4, 0.5) is 19.0 Å². The number of hydrogen-bond donors (Lipinski definition) is 2. The van der Waals surface area contributed by atoms with Gasteiger partial charge in [-0.05, 0) is 19.1 Å². The van der Waals surface area contributed by atoms with Crippen LogP contribution in [-0.4, -0.2) is 40.9 Å². The lowest BCUT2D eigenvalue weighted by Gasteiger charge is -2.14. The van der Waals surface area contributed by atoms with Crippen LogP contribution >= 0.6 is 0 Å². The molecule has 3 rings (SSSR count). The van der Waals surface area contributed by atoms with E-state index >= 15 is 0 Å². The number of nitrogens with zero attached hydrogens (tertiary/aromatic N) is 6. The molecule has 3 aromatic heterocycles. The maximum atomic E-state index is 12.7. The Morgan fingerprint density at radius 3 is 2.68 bits per heavy atom. The fourth-order valence-corrected chi connectivity index (χ4v) is 2.06. The van der Waals surface area contributed by atoms with E-state index in [1.54, 1.807) is 6.07 Å². The Morgan fingerprint density at radius 2 is 2.00 bits per heavy atom. The molecule has 22 heavy (non-hydrogen) atoms. The van der Waals surface area contributed by atoms with Crippen molar-refractivity contribution in [1.29, 1.82) is 0 Å². The number of anilines is 1. The Balaban J connectivity index is 2.12. The number of nitrogen functional groups attached to an aromatic ring is 1. The molecule has 0 aliphatic rings. The van der Waals surface area contributed by atoms with Gasteiger partial charge in [-0.3, -0.25) is 0 Å². The van der Waals surface area contributed by atoms with E-state index < -0.39 is 17.8 Å². The zero-order chi connectivity index (χ0) is 16.1. The number of nitrogens with two attached hydrogens (primary N) is 1. The van der Waals surface area contributed by atoms with E-state index in [2.05, 4.69) is 20.4 Å². The molecule has 0 bridgehead atoms. The molecule has 0 saturated heterocycles. The molecule has 3 aromatic rings. The molecular weight excluding hydrogens is 303 g/mol. The Hall–Kier alpha value is -2.69. The highest BCUT2D eigenvalue weighted by atomic mass is 19.4.